The van der Waals surface area contributed by atoms with Crippen LogP contribution in [0.15, 0.2) is 77.0 Å². The van der Waals surface area contributed by atoms with E-state index < -0.39 is 0 Å². The van der Waals surface area contributed by atoms with E-state index in [0.29, 0.717) is 10.8 Å². The zero-order valence-corrected chi connectivity index (χ0v) is 16.9. The van der Waals surface area contributed by atoms with Crippen molar-refractivity contribution in [2.24, 2.45) is 0 Å². The van der Waals surface area contributed by atoms with E-state index in [0.717, 1.165) is 16.2 Å². The third-order valence-electron chi connectivity index (χ3n) is 4.34. The van der Waals surface area contributed by atoms with Crippen LogP contribution in [0.3, 0.4) is 0 Å². The van der Waals surface area contributed by atoms with Crippen molar-refractivity contribution in [2.75, 3.05) is 11.1 Å². The van der Waals surface area contributed by atoms with Gasteiger partial charge in [-0.05, 0) is 48.0 Å². The van der Waals surface area contributed by atoms with Crippen LogP contribution in [0.4, 0.5) is 10.8 Å². The number of nitrogens with one attached hydrogen (secondary N) is 1. The lowest BCUT2D eigenvalue weighted by Crippen LogP contribution is -2.22. The fourth-order valence-corrected chi connectivity index (χ4v) is 4.41. The first-order chi connectivity index (χ1) is 13.6. The number of aromatic nitrogens is 1. The van der Waals surface area contributed by atoms with Crippen LogP contribution in [0, 0.1) is 0 Å². The fraction of sp³-hybridized carbons (Fsp3) is 0.0909. The number of nitrogens with two attached hydrogens (primary N) is 1. The molecule has 1 heterocycles. The van der Waals surface area contributed by atoms with Crippen LogP contribution >= 0.6 is 23.1 Å². The number of rotatable bonds is 5. The first kappa shape index (κ1) is 18.5. The van der Waals surface area contributed by atoms with E-state index in [1.807, 2.05) is 48.7 Å². The van der Waals surface area contributed by atoms with E-state index in [1.54, 1.807) is 0 Å². The fourth-order valence-electron chi connectivity index (χ4n) is 2.82. The molecule has 6 heteroatoms. The Bertz CT molecular complexity index is 1120. The molecule has 140 valence electrons. The molecule has 28 heavy (non-hydrogen) atoms. The summed E-state index contributed by atoms with van der Waals surface area (Å²) < 4.78 is 0. The number of anilines is 2. The Morgan fingerprint density at radius 3 is 2.61 bits per heavy atom. The molecule has 0 fully saturated rings. The summed E-state index contributed by atoms with van der Waals surface area (Å²) in [6.45, 7) is 1.88. The molecule has 0 aliphatic carbocycles. The van der Waals surface area contributed by atoms with E-state index in [1.165, 1.54) is 33.9 Å². The van der Waals surface area contributed by atoms with Crippen molar-refractivity contribution in [3.63, 3.8) is 0 Å². The Labute approximate surface area is 171 Å². The second-order valence-corrected chi connectivity index (χ2v) is 8.69. The molecule has 3 N–H and O–H groups in total. The van der Waals surface area contributed by atoms with Gasteiger partial charge in [0.15, 0.2) is 5.13 Å². The van der Waals surface area contributed by atoms with Crippen molar-refractivity contribution in [3.05, 3.63) is 72.1 Å². The van der Waals surface area contributed by atoms with E-state index in [9.17, 15) is 4.79 Å². The van der Waals surface area contributed by atoms with Crippen molar-refractivity contribution in [1.29, 1.82) is 0 Å². The summed E-state index contributed by atoms with van der Waals surface area (Å²) in [5, 5.41) is 7.63. The number of carbonyl (C=O) groups excluding carboxylic acids is 1. The van der Waals surface area contributed by atoms with Gasteiger partial charge in [0, 0.05) is 21.5 Å². The van der Waals surface area contributed by atoms with Gasteiger partial charge < -0.3 is 11.1 Å². The lowest BCUT2D eigenvalue weighted by atomic mass is 10.1. The van der Waals surface area contributed by atoms with Gasteiger partial charge in [0.1, 0.15) is 0 Å². The van der Waals surface area contributed by atoms with Crippen molar-refractivity contribution in [1.82, 2.24) is 4.98 Å². The maximum atomic E-state index is 12.5. The highest BCUT2D eigenvalue weighted by Crippen LogP contribution is 2.29. The zero-order chi connectivity index (χ0) is 19.5. The van der Waals surface area contributed by atoms with Crippen molar-refractivity contribution >= 4 is 50.6 Å². The summed E-state index contributed by atoms with van der Waals surface area (Å²) in [5.41, 5.74) is 8.33. The summed E-state index contributed by atoms with van der Waals surface area (Å²) >= 11 is 2.93. The van der Waals surface area contributed by atoms with Crippen LogP contribution in [0.1, 0.15) is 6.92 Å². The quantitative estimate of drug-likeness (QED) is 0.332. The third-order valence-corrected chi connectivity index (χ3v) is 6.21. The largest absolute Gasteiger partial charge is 0.399 e. The normalized spacial score (nSPS) is 12.0. The smallest absolute Gasteiger partial charge is 0.239 e. The molecular formula is C22H19N3OS2. The molecule has 0 radical (unpaired) electrons. The van der Waals surface area contributed by atoms with Crippen LogP contribution in [0.2, 0.25) is 0 Å². The molecule has 3 aromatic carbocycles. The minimum Gasteiger partial charge on any atom is -0.399 e. The average Bonchev–Trinajstić information content (AvgIpc) is 3.17. The summed E-state index contributed by atoms with van der Waals surface area (Å²) in [4.78, 5) is 18.1. The molecule has 0 saturated carbocycles. The molecule has 0 bridgehead atoms. The first-order valence-electron chi connectivity index (χ1n) is 8.86. The van der Waals surface area contributed by atoms with Gasteiger partial charge >= 0.3 is 0 Å². The molecule has 0 saturated heterocycles. The van der Waals surface area contributed by atoms with E-state index in [4.69, 9.17) is 5.73 Å². The van der Waals surface area contributed by atoms with Crippen LogP contribution in [-0.2, 0) is 4.79 Å². The summed E-state index contributed by atoms with van der Waals surface area (Å²) in [7, 11) is 0. The molecule has 1 atom stereocenters. The van der Waals surface area contributed by atoms with E-state index >= 15 is 0 Å². The highest BCUT2D eigenvalue weighted by Gasteiger charge is 2.16. The number of amides is 1. The molecule has 4 rings (SSSR count). The Hall–Kier alpha value is -2.83. The van der Waals surface area contributed by atoms with Gasteiger partial charge in [-0.3, -0.25) is 4.79 Å². The number of thioether (sulfide) groups is 1. The number of carbonyl (C=O) groups is 1. The lowest BCUT2D eigenvalue weighted by molar-refractivity contribution is -0.115. The number of fused-ring (bicyclic) bond motifs is 1. The number of hydrogen-bond acceptors (Lipinski definition) is 5. The lowest BCUT2D eigenvalue weighted by Gasteiger charge is -2.10. The molecule has 0 aliphatic rings. The minimum absolute atomic E-state index is 0.0683. The Morgan fingerprint density at radius 2 is 1.82 bits per heavy atom. The monoisotopic (exact) mass is 405 g/mol. The Balaban J connectivity index is 1.44. The summed E-state index contributed by atoms with van der Waals surface area (Å²) in [5.74, 6) is -0.0683. The van der Waals surface area contributed by atoms with Gasteiger partial charge in [-0.1, -0.05) is 36.4 Å². The Kier molecular flexibility index (Phi) is 5.32. The molecule has 4 nitrogen and oxygen atoms in total. The number of nitrogen functional groups attached to an aromatic ring is 1. The highest BCUT2D eigenvalue weighted by molar-refractivity contribution is 8.00. The highest BCUT2D eigenvalue weighted by atomic mass is 32.2. The van der Waals surface area contributed by atoms with Gasteiger partial charge in [-0.15, -0.1) is 23.1 Å². The SMILES string of the molecule is CC(Sc1ccc(N)cc1)C(=O)Nc1nc(-c2ccc3ccccc3c2)cs1. The topological polar surface area (TPSA) is 68.0 Å². The maximum absolute atomic E-state index is 12.5. The first-order valence-corrected chi connectivity index (χ1v) is 10.6. The molecule has 0 aliphatic heterocycles. The number of benzene rings is 3. The molecular weight excluding hydrogens is 386 g/mol. The number of hydrogen-bond donors (Lipinski definition) is 2. The second-order valence-electron chi connectivity index (χ2n) is 6.42. The van der Waals surface area contributed by atoms with Crippen LogP contribution in [0.25, 0.3) is 22.0 Å². The predicted octanol–water partition coefficient (Wildman–Crippen LogP) is 5.66. The summed E-state index contributed by atoms with van der Waals surface area (Å²) in [6.07, 6.45) is 0. The molecule has 4 aromatic rings. The molecule has 1 aromatic heterocycles. The zero-order valence-electron chi connectivity index (χ0n) is 15.3. The van der Waals surface area contributed by atoms with Gasteiger partial charge in [0.2, 0.25) is 5.91 Å². The Morgan fingerprint density at radius 1 is 1.07 bits per heavy atom. The van der Waals surface area contributed by atoms with Crippen LogP contribution < -0.4 is 11.1 Å². The third kappa shape index (κ3) is 4.18. The average molecular weight is 406 g/mol. The summed E-state index contributed by atoms with van der Waals surface area (Å²) in [6, 6.07) is 22.0. The van der Waals surface area contributed by atoms with Gasteiger partial charge in [0.25, 0.3) is 0 Å². The van der Waals surface area contributed by atoms with E-state index in [2.05, 4.69) is 40.6 Å². The van der Waals surface area contributed by atoms with Crippen molar-refractivity contribution in [2.45, 2.75) is 17.1 Å². The predicted molar refractivity (Wildman–Crippen MR) is 120 cm³/mol. The second kappa shape index (κ2) is 8.04. The van der Waals surface area contributed by atoms with Crippen LogP contribution in [0.5, 0.6) is 0 Å². The van der Waals surface area contributed by atoms with Crippen molar-refractivity contribution < 1.29 is 4.79 Å². The van der Waals surface area contributed by atoms with E-state index in [-0.39, 0.29) is 11.2 Å². The minimum atomic E-state index is -0.239. The van der Waals surface area contributed by atoms with Crippen molar-refractivity contribution in [3.8, 4) is 11.3 Å². The molecule has 1 unspecified atom stereocenters. The standard InChI is InChI=1S/C22H19N3OS2/c1-14(28-19-10-8-18(23)9-11-19)21(26)25-22-24-20(13-27-22)17-7-6-15-4-2-3-5-16(15)12-17/h2-14H,23H2,1H3,(H,24,25,26). The number of nitrogens with zero attached hydrogens (tertiary/aromatic N) is 1. The number of thiazole rings is 1. The maximum Gasteiger partial charge on any atom is 0.239 e. The van der Waals surface area contributed by atoms with Crippen LogP contribution in [-0.4, -0.2) is 16.1 Å². The molecule has 0 spiro atoms. The van der Waals surface area contributed by atoms with Gasteiger partial charge in [-0.25, -0.2) is 4.98 Å². The van der Waals surface area contributed by atoms with Gasteiger partial charge in [0.05, 0.1) is 10.9 Å². The molecule has 1 amide bonds. The van der Waals surface area contributed by atoms with Gasteiger partial charge in [-0.2, -0.15) is 0 Å².